The number of ether oxygens (including phenoxy) is 1. The Labute approximate surface area is 78.8 Å². The summed E-state index contributed by atoms with van der Waals surface area (Å²) in [5, 5.41) is 2.47. The number of rotatable bonds is 3. The Hall–Kier alpha value is 0.135. The van der Waals surface area contributed by atoms with Crippen molar-refractivity contribution in [3.8, 4) is 0 Å². The van der Waals surface area contributed by atoms with Crippen molar-refractivity contribution in [3.63, 3.8) is 0 Å². The quantitative estimate of drug-likeness (QED) is 0.501. The molecule has 0 aromatic rings. The van der Waals surface area contributed by atoms with Gasteiger partial charge in [0.2, 0.25) is 0 Å². The largest absolute Gasteiger partial charge is 0.403 e. The van der Waals surface area contributed by atoms with Crippen LogP contribution in [0, 0.1) is 0 Å². The smallest absolute Gasteiger partial charge is 0.383 e. The predicted molar refractivity (Wildman–Crippen MR) is 48.5 cm³/mol. The van der Waals surface area contributed by atoms with Gasteiger partial charge in [0, 0.05) is 19.2 Å². The first-order chi connectivity index (χ1) is 5.94. The minimum Gasteiger partial charge on any atom is -0.383 e. The molecule has 5 nitrogen and oxygen atoms in total. The number of hydrogen-bond acceptors (Lipinski definition) is 3. The first-order valence-electron chi connectivity index (χ1n) is 4.02. The van der Waals surface area contributed by atoms with Crippen molar-refractivity contribution in [2.75, 3.05) is 7.11 Å². The van der Waals surface area contributed by atoms with E-state index in [0.29, 0.717) is 6.42 Å². The molecule has 1 aliphatic rings. The lowest BCUT2D eigenvalue weighted by atomic mass is 9.95. The van der Waals surface area contributed by atoms with Gasteiger partial charge in [-0.05, 0) is 13.3 Å². The van der Waals surface area contributed by atoms with E-state index in [9.17, 15) is 4.57 Å². The standard InChI is InChI=1S/C6H13BNO4P/c1-4-5(3-6(7)12-4)8-13(9,10)11-2/h4-6H,3H2,1-2H3,(H2,8,9,10)/t4?,5-,6-/m1/s1. The number of nitrogens with one attached hydrogen (secondary N) is 1. The van der Waals surface area contributed by atoms with Crippen molar-refractivity contribution in [1.29, 1.82) is 0 Å². The Morgan fingerprint density at radius 1 is 1.77 bits per heavy atom. The SMILES string of the molecule is [B][C@H]1C[C@@H](NP(=O)(O)OC)C(C)O1. The molecule has 0 aliphatic carbocycles. The highest BCUT2D eigenvalue weighted by atomic mass is 31.2. The molecular formula is C6H13BNO4P. The molecule has 13 heavy (non-hydrogen) atoms. The second-order valence-corrected chi connectivity index (χ2v) is 4.72. The lowest BCUT2D eigenvalue weighted by molar-refractivity contribution is 0.0930. The van der Waals surface area contributed by atoms with Gasteiger partial charge in [-0.3, -0.25) is 0 Å². The van der Waals surface area contributed by atoms with Gasteiger partial charge in [0.05, 0.1) is 6.10 Å². The summed E-state index contributed by atoms with van der Waals surface area (Å²) >= 11 is 0. The maximum atomic E-state index is 11.1. The predicted octanol–water partition coefficient (Wildman–Crippen LogP) is -0.00520. The normalized spacial score (nSPS) is 38.8. The van der Waals surface area contributed by atoms with E-state index < -0.39 is 7.75 Å². The lowest BCUT2D eigenvalue weighted by Crippen LogP contribution is -2.32. The van der Waals surface area contributed by atoms with Crippen molar-refractivity contribution < 1.29 is 18.7 Å². The highest BCUT2D eigenvalue weighted by Gasteiger charge is 2.34. The average Bonchev–Trinajstić information content (AvgIpc) is 2.30. The summed E-state index contributed by atoms with van der Waals surface area (Å²) in [6.07, 6.45) is 0.334. The molecule has 2 unspecified atom stereocenters. The van der Waals surface area contributed by atoms with E-state index in [0.717, 1.165) is 0 Å². The average molecular weight is 205 g/mol. The van der Waals surface area contributed by atoms with Gasteiger partial charge in [-0.2, -0.15) is 0 Å². The van der Waals surface area contributed by atoms with Gasteiger partial charge in [0.15, 0.2) is 0 Å². The van der Waals surface area contributed by atoms with E-state index in [1.807, 2.05) is 0 Å². The fourth-order valence-corrected chi connectivity index (χ4v) is 2.13. The molecule has 0 bridgehead atoms. The van der Waals surface area contributed by atoms with Crippen molar-refractivity contribution in [3.05, 3.63) is 0 Å². The molecule has 2 N–H and O–H groups in total. The number of hydrogen-bond donors (Lipinski definition) is 2. The van der Waals surface area contributed by atoms with Crippen LogP contribution in [0.2, 0.25) is 0 Å². The van der Waals surface area contributed by atoms with Crippen LogP contribution in [0.25, 0.3) is 0 Å². The van der Waals surface area contributed by atoms with E-state index in [2.05, 4.69) is 9.61 Å². The molecule has 1 rings (SSSR count). The molecule has 2 radical (unpaired) electrons. The topological polar surface area (TPSA) is 67.8 Å². The molecule has 1 fully saturated rings. The van der Waals surface area contributed by atoms with Gasteiger partial charge in [-0.25, -0.2) is 9.65 Å². The summed E-state index contributed by atoms with van der Waals surface area (Å²) in [6, 6.07) is -0.602. The molecule has 1 saturated heterocycles. The molecule has 0 aromatic heterocycles. The molecule has 4 atom stereocenters. The fraction of sp³-hybridized carbons (Fsp3) is 1.00. The Balaban J connectivity index is 2.50. The summed E-state index contributed by atoms with van der Waals surface area (Å²) in [5.74, 6) is 0. The van der Waals surface area contributed by atoms with Crippen LogP contribution in [-0.4, -0.2) is 38.0 Å². The second-order valence-electron chi connectivity index (χ2n) is 3.05. The Morgan fingerprint density at radius 2 is 2.38 bits per heavy atom. The monoisotopic (exact) mass is 205 g/mol. The third-order valence-corrected chi connectivity index (χ3v) is 3.17. The van der Waals surface area contributed by atoms with Gasteiger partial charge >= 0.3 is 7.75 Å². The lowest BCUT2D eigenvalue weighted by Gasteiger charge is -2.18. The minimum atomic E-state index is -3.67. The van der Waals surface area contributed by atoms with Gasteiger partial charge < -0.3 is 14.2 Å². The summed E-state index contributed by atoms with van der Waals surface area (Å²) < 4.78 is 20.7. The summed E-state index contributed by atoms with van der Waals surface area (Å²) in [6.45, 7) is 1.79. The van der Waals surface area contributed by atoms with Gasteiger partial charge in [-0.1, -0.05) is 0 Å². The van der Waals surface area contributed by atoms with Crippen LogP contribution in [0.1, 0.15) is 13.3 Å². The molecule has 7 heteroatoms. The summed E-state index contributed by atoms with van der Waals surface area (Å²) in [5.41, 5.74) is 0. The van der Waals surface area contributed by atoms with Crippen LogP contribution in [0.4, 0.5) is 0 Å². The van der Waals surface area contributed by atoms with Gasteiger partial charge in [0.25, 0.3) is 0 Å². The van der Waals surface area contributed by atoms with Crippen molar-refractivity contribution in [1.82, 2.24) is 5.09 Å². The summed E-state index contributed by atoms with van der Waals surface area (Å²) in [7, 11) is 3.00. The van der Waals surface area contributed by atoms with E-state index in [-0.39, 0.29) is 18.1 Å². The highest BCUT2D eigenvalue weighted by Crippen LogP contribution is 2.38. The van der Waals surface area contributed by atoms with E-state index in [4.69, 9.17) is 17.5 Å². The molecule has 0 amide bonds. The summed E-state index contributed by atoms with van der Waals surface area (Å²) in [4.78, 5) is 9.11. The van der Waals surface area contributed by atoms with E-state index >= 15 is 0 Å². The maximum Gasteiger partial charge on any atom is 0.403 e. The zero-order valence-electron chi connectivity index (χ0n) is 7.64. The third-order valence-electron chi connectivity index (χ3n) is 2.02. The van der Waals surface area contributed by atoms with Crippen LogP contribution in [-0.2, 0) is 13.8 Å². The van der Waals surface area contributed by atoms with E-state index in [1.165, 1.54) is 7.11 Å². The minimum absolute atomic E-state index is 0.175. The van der Waals surface area contributed by atoms with Crippen molar-refractivity contribution in [2.24, 2.45) is 0 Å². The molecule has 0 saturated carbocycles. The zero-order valence-corrected chi connectivity index (χ0v) is 8.53. The fourth-order valence-electron chi connectivity index (χ4n) is 1.29. The van der Waals surface area contributed by atoms with Crippen LogP contribution < -0.4 is 5.09 Å². The Bertz CT molecular complexity index is 227. The molecular weight excluding hydrogens is 192 g/mol. The molecule has 0 aromatic carbocycles. The van der Waals surface area contributed by atoms with E-state index in [1.54, 1.807) is 6.92 Å². The second kappa shape index (κ2) is 4.11. The first kappa shape index (κ1) is 11.2. The molecule has 1 heterocycles. The Morgan fingerprint density at radius 3 is 2.77 bits per heavy atom. The van der Waals surface area contributed by atoms with Gasteiger partial charge in [-0.15, -0.1) is 0 Å². The first-order valence-corrected chi connectivity index (χ1v) is 5.60. The third kappa shape index (κ3) is 3.07. The Kier molecular flexibility index (Phi) is 3.54. The van der Waals surface area contributed by atoms with Crippen molar-refractivity contribution >= 4 is 15.6 Å². The van der Waals surface area contributed by atoms with Crippen molar-refractivity contribution in [2.45, 2.75) is 31.5 Å². The maximum absolute atomic E-state index is 11.1. The van der Waals surface area contributed by atoms with Crippen LogP contribution >= 0.6 is 7.75 Å². The zero-order chi connectivity index (χ0) is 10.1. The van der Waals surface area contributed by atoms with Crippen LogP contribution in [0.3, 0.4) is 0 Å². The van der Waals surface area contributed by atoms with Gasteiger partial charge in [0.1, 0.15) is 7.85 Å². The van der Waals surface area contributed by atoms with Crippen LogP contribution in [0.5, 0.6) is 0 Å². The van der Waals surface area contributed by atoms with Crippen LogP contribution in [0.15, 0.2) is 0 Å². The molecule has 1 aliphatic heterocycles. The molecule has 74 valence electrons. The highest BCUT2D eigenvalue weighted by molar-refractivity contribution is 7.50. The molecule has 0 spiro atoms.